The van der Waals surface area contributed by atoms with Crippen LogP contribution < -0.4 is 5.73 Å². The van der Waals surface area contributed by atoms with Gasteiger partial charge in [0.25, 0.3) is 0 Å². The highest BCUT2D eigenvalue weighted by molar-refractivity contribution is 4.85. The number of hydrogen-bond donors (Lipinski definition) is 2. The molecule has 1 saturated carbocycles. The Hall–Kier alpha value is -0.0800. The second kappa shape index (κ2) is 4.97. The molecule has 13 heavy (non-hydrogen) atoms. The molecule has 0 aromatic rings. The molecule has 0 spiro atoms. The van der Waals surface area contributed by atoms with Crippen molar-refractivity contribution in [2.45, 2.75) is 57.5 Å². The fourth-order valence-corrected chi connectivity index (χ4v) is 2.23. The van der Waals surface area contributed by atoms with Crippen LogP contribution >= 0.6 is 0 Å². The van der Waals surface area contributed by atoms with E-state index in [0.717, 1.165) is 12.8 Å². The van der Waals surface area contributed by atoms with Gasteiger partial charge in [-0.2, -0.15) is 0 Å². The van der Waals surface area contributed by atoms with Crippen molar-refractivity contribution in [3.63, 3.8) is 0 Å². The summed E-state index contributed by atoms with van der Waals surface area (Å²) in [5.41, 5.74) is 5.16. The maximum absolute atomic E-state index is 10.4. The third-order valence-electron chi connectivity index (χ3n) is 3.49. The summed E-state index contributed by atoms with van der Waals surface area (Å²) >= 11 is 0. The van der Waals surface area contributed by atoms with Gasteiger partial charge in [0.15, 0.2) is 0 Å². The molecule has 78 valence electrons. The summed E-state index contributed by atoms with van der Waals surface area (Å²) in [6.07, 6.45) is 8.13. The highest BCUT2D eigenvalue weighted by atomic mass is 16.3. The molecule has 0 aliphatic heterocycles. The minimum absolute atomic E-state index is 0.255. The van der Waals surface area contributed by atoms with Gasteiger partial charge in [0.2, 0.25) is 0 Å². The number of hydrogen-bond acceptors (Lipinski definition) is 2. The van der Waals surface area contributed by atoms with Gasteiger partial charge in [-0.05, 0) is 25.3 Å². The minimum Gasteiger partial charge on any atom is -0.390 e. The molecule has 0 aromatic carbocycles. The molecule has 1 aliphatic rings. The molecule has 0 aromatic heterocycles. The standard InChI is InChI=1S/C11H23NO/c1-10(9-12)11(13)7-5-3-2-4-6-8-11/h10,13H,2-9,12H2,1H3. The Morgan fingerprint density at radius 1 is 1.15 bits per heavy atom. The third-order valence-corrected chi connectivity index (χ3v) is 3.49. The summed E-state index contributed by atoms with van der Waals surface area (Å²) in [4.78, 5) is 0. The zero-order chi connectivity index (χ0) is 9.73. The summed E-state index contributed by atoms with van der Waals surface area (Å²) in [5, 5.41) is 10.4. The molecule has 2 nitrogen and oxygen atoms in total. The summed E-state index contributed by atoms with van der Waals surface area (Å²) in [7, 11) is 0. The predicted molar refractivity (Wildman–Crippen MR) is 55.5 cm³/mol. The van der Waals surface area contributed by atoms with Gasteiger partial charge in [-0.15, -0.1) is 0 Å². The Morgan fingerprint density at radius 2 is 1.62 bits per heavy atom. The number of nitrogens with two attached hydrogens (primary N) is 1. The fourth-order valence-electron chi connectivity index (χ4n) is 2.23. The molecule has 1 fully saturated rings. The predicted octanol–water partition coefficient (Wildman–Crippen LogP) is 2.06. The van der Waals surface area contributed by atoms with Gasteiger partial charge in [-0.25, -0.2) is 0 Å². The van der Waals surface area contributed by atoms with Crippen molar-refractivity contribution in [1.82, 2.24) is 0 Å². The van der Waals surface area contributed by atoms with E-state index in [-0.39, 0.29) is 5.92 Å². The second-order valence-electron chi connectivity index (χ2n) is 4.51. The van der Waals surface area contributed by atoms with E-state index in [4.69, 9.17) is 5.73 Å². The minimum atomic E-state index is -0.463. The zero-order valence-electron chi connectivity index (χ0n) is 8.76. The van der Waals surface area contributed by atoms with Crippen LogP contribution in [0, 0.1) is 5.92 Å². The van der Waals surface area contributed by atoms with Crippen LogP contribution in [-0.4, -0.2) is 17.3 Å². The fraction of sp³-hybridized carbons (Fsp3) is 1.00. The van der Waals surface area contributed by atoms with E-state index in [1.807, 2.05) is 0 Å². The quantitative estimate of drug-likeness (QED) is 0.691. The normalized spacial score (nSPS) is 26.1. The molecular formula is C11H23NO. The maximum atomic E-state index is 10.4. The monoisotopic (exact) mass is 185 g/mol. The van der Waals surface area contributed by atoms with Crippen molar-refractivity contribution < 1.29 is 5.11 Å². The topological polar surface area (TPSA) is 46.2 Å². The number of rotatable bonds is 2. The van der Waals surface area contributed by atoms with Crippen molar-refractivity contribution in [2.24, 2.45) is 11.7 Å². The van der Waals surface area contributed by atoms with E-state index in [1.165, 1.54) is 32.1 Å². The second-order valence-corrected chi connectivity index (χ2v) is 4.51. The molecule has 1 aliphatic carbocycles. The molecule has 3 N–H and O–H groups in total. The molecule has 2 heteroatoms. The van der Waals surface area contributed by atoms with Crippen LogP contribution in [0.15, 0.2) is 0 Å². The van der Waals surface area contributed by atoms with Crippen molar-refractivity contribution in [3.8, 4) is 0 Å². The average molecular weight is 185 g/mol. The third kappa shape index (κ3) is 2.96. The summed E-state index contributed by atoms with van der Waals surface area (Å²) in [6.45, 7) is 2.68. The van der Waals surface area contributed by atoms with E-state index in [9.17, 15) is 5.11 Å². The molecule has 0 saturated heterocycles. The van der Waals surface area contributed by atoms with Crippen LogP contribution in [0.25, 0.3) is 0 Å². The Kier molecular flexibility index (Phi) is 4.20. The highest BCUT2D eigenvalue weighted by Crippen LogP contribution is 2.31. The lowest BCUT2D eigenvalue weighted by Crippen LogP contribution is -2.40. The van der Waals surface area contributed by atoms with Gasteiger partial charge in [-0.1, -0.05) is 39.0 Å². The molecule has 1 atom stereocenters. The Balaban J connectivity index is 2.51. The van der Waals surface area contributed by atoms with Crippen LogP contribution in [0.5, 0.6) is 0 Å². The molecule has 1 unspecified atom stereocenters. The Bertz CT molecular complexity index is 139. The average Bonchev–Trinajstić information content (AvgIpc) is 2.10. The highest BCUT2D eigenvalue weighted by Gasteiger charge is 2.32. The van der Waals surface area contributed by atoms with Crippen LogP contribution in [-0.2, 0) is 0 Å². The van der Waals surface area contributed by atoms with Gasteiger partial charge >= 0.3 is 0 Å². The van der Waals surface area contributed by atoms with Crippen LogP contribution in [0.3, 0.4) is 0 Å². The van der Waals surface area contributed by atoms with Crippen LogP contribution in [0.1, 0.15) is 51.9 Å². The molecule has 0 amide bonds. The van der Waals surface area contributed by atoms with Crippen molar-refractivity contribution in [1.29, 1.82) is 0 Å². The van der Waals surface area contributed by atoms with Crippen molar-refractivity contribution >= 4 is 0 Å². The molecular weight excluding hydrogens is 162 g/mol. The first-order valence-corrected chi connectivity index (χ1v) is 5.61. The lowest BCUT2D eigenvalue weighted by Gasteiger charge is -2.35. The Morgan fingerprint density at radius 3 is 2.08 bits per heavy atom. The van der Waals surface area contributed by atoms with Gasteiger partial charge in [0.05, 0.1) is 5.60 Å². The summed E-state index contributed by atoms with van der Waals surface area (Å²) < 4.78 is 0. The Labute approximate surface area is 81.5 Å². The lowest BCUT2D eigenvalue weighted by atomic mass is 9.78. The largest absolute Gasteiger partial charge is 0.390 e. The maximum Gasteiger partial charge on any atom is 0.0685 e. The first-order chi connectivity index (χ1) is 6.19. The van der Waals surface area contributed by atoms with Gasteiger partial charge in [-0.3, -0.25) is 0 Å². The van der Waals surface area contributed by atoms with Gasteiger partial charge in [0.1, 0.15) is 0 Å². The molecule has 0 bridgehead atoms. The van der Waals surface area contributed by atoms with Crippen LogP contribution in [0.4, 0.5) is 0 Å². The van der Waals surface area contributed by atoms with Gasteiger partial charge < -0.3 is 10.8 Å². The van der Waals surface area contributed by atoms with Crippen LogP contribution in [0.2, 0.25) is 0 Å². The zero-order valence-corrected chi connectivity index (χ0v) is 8.76. The first kappa shape index (κ1) is 11.0. The molecule has 1 rings (SSSR count). The number of aliphatic hydroxyl groups is 1. The lowest BCUT2D eigenvalue weighted by molar-refractivity contribution is -0.0310. The van der Waals surface area contributed by atoms with Crippen molar-refractivity contribution in [3.05, 3.63) is 0 Å². The SMILES string of the molecule is CC(CN)C1(O)CCCCCCC1. The smallest absolute Gasteiger partial charge is 0.0685 e. The molecule has 0 heterocycles. The molecule has 0 radical (unpaired) electrons. The van der Waals surface area contributed by atoms with E-state index in [0.29, 0.717) is 6.54 Å². The van der Waals surface area contributed by atoms with E-state index >= 15 is 0 Å². The first-order valence-electron chi connectivity index (χ1n) is 5.61. The van der Waals surface area contributed by atoms with E-state index < -0.39 is 5.60 Å². The van der Waals surface area contributed by atoms with E-state index in [1.54, 1.807) is 0 Å². The summed E-state index contributed by atoms with van der Waals surface area (Å²) in [6, 6.07) is 0. The van der Waals surface area contributed by atoms with Gasteiger partial charge in [0, 0.05) is 0 Å². The van der Waals surface area contributed by atoms with Crippen molar-refractivity contribution in [2.75, 3.05) is 6.54 Å². The van der Waals surface area contributed by atoms with E-state index in [2.05, 4.69) is 6.92 Å². The summed E-state index contributed by atoms with van der Waals surface area (Å²) in [5.74, 6) is 0.255.